The van der Waals surface area contributed by atoms with Crippen molar-refractivity contribution in [1.29, 1.82) is 0 Å². The van der Waals surface area contributed by atoms with Crippen LogP contribution < -0.4 is 16.4 Å². The highest BCUT2D eigenvalue weighted by atomic mass is 35.5. The molecule has 11 heteroatoms. The lowest BCUT2D eigenvalue weighted by Gasteiger charge is -2.18. The van der Waals surface area contributed by atoms with Crippen molar-refractivity contribution in [3.8, 4) is 22.3 Å². The fourth-order valence-corrected chi connectivity index (χ4v) is 3.76. The number of nitrogens with one attached hydrogen (secondary N) is 2. The van der Waals surface area contributed by atoms with Gasteiger partial charge in [-0.25, -0.2) is 10.1 Å². The zero-order chi connectivity index (χ0) is 25.2. The van der Waals surface area contributed by atoms with Crippen molar-refractivity contribution in [3.63, 3.8) is 0 Å². The van der Waals surface area contributed by atoms with E-state index in [1.54, 1.807) is 55.6 Å². The van der Waals surface area contributed by atoms with Gasteiger partial charge in [-0.15, -0.1) is 5.10 Å². The van der Waals surface area contributed by atoms with Crippen LogP contribution in [0.4, 0.5) is 19.0 Å². The summed E-state index contributed by atoms with van der Waals surface area (Å²) in [7, 11) is 1.64. The van der Waals surface area contributed by atoms with Crippen molar-refractivity contribution in [2.75, 3.05) is 12.5 Å². The predicted octanol–water partition coefficient (Wildman–Crippen LogP) is 5.89. The molecule has 2 aromatic heterocycles. The standard InChI is InChI=1S/C24H18Cl2F3N5O/c1-30-32-22-20(14-2-7-17(25)8-3-14)21(15-4-9-18(26)10-5-15)23(35)34(33-22)13-19-11-6-16(12-31-19)24(27,28)29/h2-12,30H,13H2,1H3,(H,32,33). The summed E-state index contributed by atoms with van der Waals surface area (Å²) in [6, 6.07) is 15.8. The SMILES string of the molecule is CNNc1nn(Cc2ccc(C(F)(F)F)cn2)c(=O)c(-c2ccc(Cl)cc2)c1-c1ccc(Cl)cc1. The van der Waals surface area contributed by atoms with Crippen LogP contribution in [-0.4, -0.2) is 21.8 Å². The Morgan fingerprint density at radius 3 is 1.94 bits per heavy atom. The second-order valence-corrected chi connectivity index (χ2v) is 8.36. The molecule has 4 rings (SSSR count). The molecule has 35 heavy (non-hydrogen) atoms. The number of hydrogen-bond acceptors (Lipinski definition) is 5. The normalized spacial score (nSPS) is 11.5. The van der Waals surface area contributed by atoms with Crippen molar-refractivity contribution in [1.82, 2.24) is 20.2 Å². The monoisotopic (exact) mass is 519 g/mol. The van der Waals surface area contributed by atoms with E-state index in [4.69, 9.17) is 23.2 Å². The Kier molecular flexibility index (Phi) is 7.11. The zero-order valence-electron chi connectivity index (χ0n) is 18.2. The summed E-state index contributed by atoms with van der Waals surface area (Å²) in [6.07, 6.45) is -3.78. The minimum atomic E-state index is -4.51. The van der Waals surface area contributed by atoms with Gasteiger partial charge in [-0.2, -0.15) is 13.2 Å². The average Bonchev–Trinajstić information content (AvgIpc) is 2.82. The molecule has 0 unspecified atom stereocenters. The lowest BCUT2D eigenvalue weighted by molar-refractivity contribution is -0.137. The second kappa shape index (κ2) is 10.1. The summed E-state index contributed by atoms with van der Waals surface area (Å²) in [5, 5.41) is 5.47. The van der Waals surface area contributed by atoms with Gasteiger partial charge in [0.05, 0.1) is 23.4 Å². The van der Waals surface area contributed by atoms with Crippen molar-refractivity contribution < 1.29 is 13.2 Å². The molecule has 0 fully saturated rings. The van der Waals surface area contributed by atoms with E-state index in [-0.39, 0.29) is 12.2 Å². The molecule has 180 valence electrons. The summed E-state index contributed by atoms with van der Waals surface area (Å²) in [5.74, 6) is 0.325. The number of hydrazine groups is 1. The quantitative estimate of drug-likeness (QED) is 0.310. The zero-order valence-corrected chi connectivity index (χ0v) is 19.7. The Bertz CT molecular complexity index is 1390. The molecule has 0 aliphatic heterocycles. The van der Waals surface area contributed by atoms with Crippen LogP contribution in [0.15, 0.2) is 71.7 Å². The molecule has 0 aliphatic carbocycles. The molecule has 0 saturated carbocycles. The van der Waals surface area contributed by atoms with Crippen LogP contribution in [-0.2, 0) is 12.7 Å². The summed E-state index contributed by atoms with van der Waals surface area (Å²) < 4.78 is 39.9. The fourth-order valence-electron chi connectivity index (χ4n) is 3.50. The Balaban J connectivity index is 1.91. The first-order valence-corrected chi connectivity index (χ1v) is 11.0. The van der Waals surface area contributed by atoms with E-state index in [1.807, 2.05) is 0 Å². The molecule has 0 atom stereocenters. The maximum absolute atomic E-state index is 13.7. The van der Waals surface area contributed by atoms with E-state index >= 15 is 0 Å². The molecule has 0 spiro atoms. The Morgan fingerprint density at radius 2 is 1.46 bits per heavy atom. The number of alkyl halides is 3. The molecule has 0 saturated heterocycles. The van der Waals surface area contributed by atoms with Crippen LogP contribution in [0.1, 0.15) is 11.3 Å². The Labute approximate surface area is 208 Å². The largest absolute Gasteiger partial charge is 0.417 e. The molecular formula is C24H18Cl2F3N5O. The van der Waals surface area contributed by atoms with Gasteiger partial charge in [-0.1, -0.05) is 47.5 Å². The minimum absolute atomic E-state index is 0.142. The first kappa shape index (κ1) is 24.7. The number of rotatable bonds is 6. The minimum Gasteiger partial charge on any atom is -0.304 e. The summed E-state index contributed by atoms with van der Waals surface area (Å²) in [4.78, 5) is 17.6. The smallest absolute Gasteiger partial charge is 0.304 e. The number of halogens is 5. The van der Waals surface area contributed by atoms with Gasteiger partial charge in [-0.3, -0.25) is 9.78 Å². The van der Waals surface area contributed by atoms with Gasteiger partial charge in [0.25, 0.3) is 5.56 Å². The van der Waals surface area contributed by atoms with Crippen LogP contribution in [0.2, 0.25) is 10.0 Å². The molecule has 2 N–H and O–H groups in total. The van der Waals surface area contributed by atoms with E-state index in [0.29, 0.717) is 38.1 Å². The predicted molar refractivity (Wildman–Crippen MR) is 130 cm³/mol. The van der Waals surface area contributed by atoms with E-state index in [2.05, 4.69) is 20.9 Å². The topological polar surface area (TPSA) is 71.8 Å². The van der Waals surface area contributed by atoms with Gasteiger partial charge in [-0.05, 0) is 47.5 Å². The van der Waals surface area contributed by atoms with Gasteiger partial charge in [0.15, 0.2) is 5.82 Å². The third-order valence-corrected chi connectivity index (χ3v) is 5.63. The highest BCUT2D eigenvalue weighted by Gasteiger charge is 2.30. The maximum atomic E-state index is 13.7. The number of anilines is 1. The van der Waals surface area contributed by atoms with E-state index in [9.17, 15) is 18.0 Å². The molecule has 2 aromatic carbocycles. The molecule has 0 amide bonds. The van der Waals surface area contributed by atoms with Crippen LogP contribution in [0.5, 0.6) is 0 Å². The van der Waals surface area contributed by atoms with Crippen LogP contribution in [0, 0.1) is 0 Å². The first-order chi connectivity index (χ1) is 16.7. The van der Waals surface area contributed by atoms with E-state index < -0.39 is 17.3 Å². The van der Waals surface area contributed by atoms with Gasteiger partial charge < -0.3 is 5.43 Å². The molecule has 0 aliphatic rings. The molecule has 0 radical (unpaired) electrons. The average molecular weight is 520 g/mol. The second-order valence-electron chi connectivity index (χ2n) is 7.49. The number of benzene rings is 2. The molecule has 4 aromatic rings. The van der Waals surface area contributed by atoms with E-state index in [0.717, 1.165) is 16.9 Å². The Morgan fingerprint density at radius 1 is 0.886 bits per heavy atom. The lowest BCUT2D eigenvalue weighted by atomic mass is 9.96. The third kappa shape index (κ3) is 5.48. The first-order valence-electron chi connectivity index (χ1n) is 10.3. The summed E-state index contributed by atoms with van der Waals surface area (Å²) in [6.45, 7) is -0.142. The van der Waals surface area contributed by atoms with Crippen LogP contribution in [0.3, 0.4) is 0 Å². The number of hydrogen-bond donors (Lipinski definition) is 2. The van der Waals surface area contributed by atoms with Crippen molar-refractivity contribution in [2.45, 2.75) is 12.7 Å². The Hall–Kier alpha value is -3.40. The number of pyridine rings is 1. The van der Waals surface area contributed by atoms with Gasteiger partial charge >= 0.3 is 6.18 Å². The van der Waals surface area contributed by atoms with Crippen LogP contribution >= 0.6 is 23.2 Å². The summed E-state index contributed by atoms with van der Waals surface area (Å²) >= 11 is 12.1. The number of nitrogens with zero attached hydrogens (tertiary/aromatic N) is 3. The van der Waals surface area contributed by atoms with Gasteiger partial charge in [0, 0.05) is 28.9 Å². The maximum Gasteiger partial charge on any atom is 0.417 e. The third-order valence-electron chi connectivity index (χ3n) is 5.13. The van der Waals surface area contributed by atoms with Crippen molar-refractivity contribution >= 4 is 29.0 Å². The number of aromatic nitrogens is 3. The molecule has 2 heterocycles. The van der Waals surface area contributed by atoms with Gasteiger partial charge in [0.2, 0.25) is 0 Å². The van der Waals surface area contributed by atoms with Crippen molar-refractivity contribution in [2.24, 2.45) is 0 Å². The fraction of sp³-hybridized carbons (Fsp3) is 0.125. The molecular weight excluding hydrogens is 502 g/mol. The van der Waals surface area contributed by atoms with Crippen molar-refractivity contribution in [3.05, 3.63) is 98.5 Å². The highest BCUT2D eigenvalue weighted by Crippen LogP contribution is 2.35. The molecule has 6 nitrogen and oxygen atoms in total. The van der Waals surface area contributed by atoms with Gasteiger partial charge in [0.1, 0.15) is 0 Å². The molecule has 0 bridgehead atoms. The van der Waals surface area contributed by atoms with Crippen LogP contribution in [0.25, 0.3) is 22.3 Å². The lowest BCUT2D eigenvalue weighted by Crippen LogP contribution is -2.29. The summed E-state index contributed by atoms with van der Waals surface area (Å²) in [5.41, 5.74) is 6.76. The van der Waals surface area contributed by atoms with E-state index in [1.165, 1.54) is 6.07 Å². The highest BCUT2D eigenvalue weighted by molar-refractivity contribution is 6.31.